The Morgan fingerprint density at radius 3 is 2.73 bits per heavy atom. The van der Waals surface area contributed by atoms with E-state index in [0.29, 0.717) is 17.5 Å². The molecule has 0 aliphatic carbocycles. The topological polar surface area (TPSA) is 58.6 Å². The number of carbonyl (C=O) groups excluding carboxylic acids is 1. The molecule has 0 aromatic carbocycles. The largest absolute Gasteiger partial charge is 0.480 e. The van der Waals surface area contributed by atoms with Crippen molar-refractivity contribution in [2.24, 2.45) is 5.92 Å². The Labute approximate surface area is 131 Å². The third-order valence-electron chi connectivity index (χ3n) is 4.61. The molecule has 6 nitrogen and oxygen atoms in total. The zero-order valence-corrected chi connectivity index (χ0v) is 13.2. The minimum Gasteiger partial charge on any atom is -0.480 e. The van der Waals surface area contributed by atoms with E-state index < -0.39 is 0 Å². The fourth-order valence-corrected chi connectivity index (χ4v) is 3.38. The van der Waals surface area contributed by atoms with Gasteiger partial charge in [0, 0.05) is 25.7 Å². The maximum absolute atomic E-state index is 12.5. The Balaban J connectivity index is 1.53. The molecular formula is C16H24N4O2. The molecule has 0 N–H and O–H groups in total. The summed E-state index contributed by atoms with van der Waals surface area (Å²) >= 11 is 0. The van der Waals surface area contributed by atoms with Crippen molar-refractivity contribution in [1.29, 1.82) is 0 Å². The molecule has 0 spiro atoms. The van der Waals surface area contributed by atoms with Gasteiger partial charge in [0.25, 0.3) is 5.91 Å². The summed E-state index contributed by atoms with van der Waals surface area (Å²) in [5.74, 6) is 1.01. The van der Waals surface area contributed by atoms with Crippen molar-refractivity contribution in [3.63, 3.8) is 0 Å². The first kappa shape index (κ1) is 15.2. The average molecular weight is 304 g/mol. The minimum atomic E-state index is -0.0173. The molecule has 0 saturated carbocycles. The van der Waals surface area contributed by atoms with Crippen molar-refractivity contribution in [3.05, 3.63) is 17.8 Å². The quantitative estimate of drug-likeness (QED) is 0.842. The predicted octanol–water partition coefficient (Wildman–Crippen LogP) is 1.43. The van der Waals surface area contributed by atoms with Gasteiger partial charge in [0.05, 0.1) is 7.11 Å². The van der Waals surface area contributed by atoms with Crippen molar-refractivity contribution < 1.29 is 9.53 Å². The molecule has 1 atom stereocenters. The van der Waals surface area contributed by atoms with Crippen LogP contribution in [0, 0.1) is 5.92 Å². The molecule has 2 aliphatic rings. The van der Waals surface area contributed by atoms with Crippen LogP contribution in [0.5, 0.6) is 5.88 Å². The standard InChI is InChI=1S/C16H24N4O2/c1-22-15-6-5-14(17-18-15)16(21)20-10-7-13(12-20)11-19-8-3-2-4-9-19/h5-6,13H,2-4,7-12H2,1H3. The molecular weight excluding hydrogens is 280 g/mol. The third kappa shape index (κ3) is 3.55. The number of hydrogen-bond acceptors (Lipinski definition) is 5. The van der Waals surface area contributed by atoms with E-state index in [0.717, 1.165) is 26.1 Å². The third-order valence-corrected chi connectivity index (χ3v) is 4.61. The van der Waals surface area contributed by atoms with Crippen LogP contribution < -0.4 is 4.74 Å². The van der Waals surface area contributed by atoms with Gasteiger partial charge in [0.1, 0.15) is 0 Å². The Kier molecular flexibility index (Phi) is 4.87. The molecule has 3 heterocycles. The smallest absolute Gasteiger partial charge is 0.274 e. The van der Waals surface area contributed by atoms with E-state index in [4.69, 9.17) is 4.74 Å². The maximum Gasteiger partial charge on any atom is 0.274 e. The highest BCUT2D eigenvalue weighted by Crippen LogP contribution is 2.21. The molecule has 0 radical (unpaired) electrons. The Morgan fingerprint density at radius 2 is 2.05 bits per heavy atom. The summed E-state index contributed by atoms with van der Waals surface area (Å²) in [6, 6.07) is 3.37. The predicted molar refractivity (Wildman–Crippen MR) is 82.9 cm³/mol. The van der Waals surface area contributed by atoms with Crippen LogP contribution >= 0.6 is 0 Å². The lowest BCUT2D eigenvalue weighted by molar-refractivity contribution is 0.0775. The van der Waals surface area contributed by atoms with Crippen LogP contribution in [0.3, 0.4) is 0 Å². The second-order valence-corrected chi connectivity index (χ2v) is 6.23. The lowest BCUT2D eigenvalue weighted by Gasteiger charge is -2.28. The molecule has 1 amide bonds. The van der Waals surface area contributed by atoms with E-state index in [1.165, 1.54) is 39.5 Å². The first-order valence-corrected chi connectivity index (χ1v) is 8.15. The molecule has 1 unspecified atom stereocenters. The van der Waals surface area contributed by atoms with Crippen LogP contribution in [-0.2, 0) is 0 Å². The van der Waals surface area contributed by atoms with Gasteiger partial charge in [-0.25, -0.2) is 0 Å². The SMILES string of the molecule is COc1ccc(C(=O)N2CCC(CN3CCCCC3)C2)nn1. The molecule has 2 aliphatic heterocycles. The highest BCUT2D eigenvalue weighted by Gasteiger charge is 2.29. The zero-order valence-electron chi connectivity index (χ0n) is 13.2. The number of ether oxygens (including phenoxy) is 1. The summed E-state index contributed by atoms with van der Waals surface area (Å²) in [4.78, 5) is 16.9. The summed E-state index contributed by atoms with van der Waals surface area (Å²) in [6.07, 6.45) is 5.08. The van der Waals surface area contributed by atoms with E-state index in [1.807, 2.05) is 4.90 Å². The van der Waals surface area contributed by atoms with Gasteiger partial charge in [-0.3, -0.25) is 4.79 Å². The lowest BCUT2D eigenvalue weighted by Crippen LogP contribution is -2.36. The monoisotopic (exact) mass is 304 g/mol. The number of hydrogen-bond donors (Lipinski definition) is 0. The Morgan fingerprint density at radius 1 is 1.23 bits per heavy atom. The van der Waals surface area contributed by atoms with E-state index in [2.05, 4.69) is 15.1 Å². The second kappa shape index (κ2) is 7.05. The first-order chi connectivity index (χ1) is 10.8. The van der Waals surface area contributed by atoms with E-state index >= 15 is 0 Å². The first-order valence-electron chi connectivity index (χ1n) is 8.15. The maximum atomic E-state index is 12.5. The van der Waals surface area contributed by atoms with Crippen LogP contribution in [0.4, 0.5) is 0 Å². The van der Waals surface area contributed by atoms with Crippen LogP contribution in [0.15, 0.2) is 12.1 Å². The van der Waals surface area contributed by atoms with Gasteiger partial charge >= 0.3 is 0 Å². The Bertz CT molecular complexity index is 499. The van der Waals surface area contributed by atoms with Crippen LogP contribution in [0.25, 0.3) is 0 Å². The van der Waals surface area contributed by atoms with Gasteiger partial charge in [-0.15, -0.1) is 10.2 Å². The summed E-state index contributed by atoms with van der Waals surface area (Å²) in [5, 5.41) is 7.83. The van der Waals surface area contributed by atoms with Crippen LogP contribution in [0.2, 0.25) is 0 Å². The molecule has 3 rings (SSSR count). The highest BCUT2D eigenvalue weighted by atomic mass is 16.5. The number of carbonyl (C=O) groups is 1. The van der Waals surface area contributed by atoms with Crippen molar-refractivity contribution >= 4 is 5.91 Å². The van der Waals surface area contributed by atoms with Crippen molar-refractivity contribution in [1.82, 2.24) is 20.0 Å². The number of nitrogens with zero attached hydrogens (tertiary/aromatic N) is 4. The molecule has 1 aromatic rings. The summed E-state index contributed by atoms with van der Waals surface area (Å²) in [5.41, 5.74) is 0.402. The molecule has 6 heteroatoms. The van der Waals surface area contributed by atoms with E-state index in [-0.39, 0.29) is 5.91 Å². The molecule has 120 valence electrons. The van der Waals surface area contributed by atoms with E-state index in [1.54, 1.807) is 12.1 Å². The average Bonchev–Trinajstić information content (AvgIpc) is 3.04. The number of aromatic nitrogens is 2. The second-order valence-electron chi connectivity index (χ2n) is 6.23. The van der Waals surface area contributed by atoms with Gasteiger partial charge in [-0.05, 0) is 44.3 Å². The number of amides is 1. The highest BCUT2D eigenvalue weighted by molar-refractivity contribution is 5.92. The summed E-state index contributed by atoms with van der Waals surface area (Å²) in [6.45, 7) is 5.22. The molecule has 0 bridgehead atoms. The minimum absolute atomic E-state index is 0.0173. The number of rotatable bonds is 4. The summed E-state index contributed by atoms with van der Waals surface area (Å²) < 4.78 is 4.97. The van der Waals surface area contributed by atoms with E-state index in [9.17, 15) is 4.79 Å². The van der Waals surface area contributed by atoms with Crippen molar-refractivity contribution in [2.75, 3.05) is 39.8 Å². The zero-order chi connectivity index (χ0) is 15.4. The van der Waals surface area contributed by atoms with Crippen molar-refractivity contribution in [2.45, 2.75) is 25.7 Å². The summed E-state index contributed by atoms with van der Waals surface area (Å²) in [7, 11) is 1.54. The van der Waals surface area contributed by atoms with Crippen molar-refractivity contribution in [3.8, 4) is 5.88 Å². The number of likely N-dealkylation sites (tertiary alicyclic amines) is 2. The van der Waals surface area contributed by atoms with Gasteiger partial charge in [0.15, 0.2) is 5.69 Å². The molecule has 22 heavy (non-hydrogen) atoms. The molecule has 2 fully saturated rings. The molecule has 1 aromatic heterocycles. The molecule has 2 saturated heterocycles. The van der Waals surface area contributed by atoms with Gasteiger partial charge in [-0.1, -0.05) is 6.42 Å². The Hall–Kier alpha value is -1.69. The normalized spacial score (nSPS) is 22.8. The van der Waals surface area contributed by atoms with Gasteiger partial charge in [0.2, 0.25) is 5.88 Å². The van der Waals surface area contributed by atoms with Gasteiger partial charge in [-0.2, -0.15) is 0 Å². The lowest BCUT2D eigenvalue weighted by atomic mass is 10.1. The fraction of sp³-hybridized carbons (Fsp3) is 0.688. The number of methoxy groups -OCH3 is 1. The van der Waals surface area contributed by atoms with Crippen LogP contribution in [0.1, 0.15) is 36.2 Å². The van der Waals surface area contributed by atoms with Gasteiger partial charge < -0.3 is 14.5 Å². The number of piperidine rings is 1. The van der Waals surface area contributed by atoms with Crippen LogP contribution in [-0.4, -0.2) is 65.7 Å². The fourth-order valence-electron chi connectivity index (χ4n) is 3.38.